The molecule has 3 aromatic rings. The average molecular weight is 767 g/mol. The molecule has 0 saturated carbocycles. The van der Waals surface area contributed by atoms with Gasteiger partial charge in [0.05, 0.1) is 19.6 Å². The third-order valence-corrected chi connectivity index (χ3v) is 7.95. The van der Waals surface area contributed by atoms with Gasteiger partial charge < -0.3 is 47.3 Å². The molecular weight excluding hydrogens is 720 g/mol. The van der Waals surface area contributed by atoms with Crippen molar-refractivity contribution in [1.29, 1.82) is 0 Å². The van der Waals surface area contributed by atoms with Crippen LogP contribution in [0.3, 0.4) is 0 Å². The van der Waals surface area contributed by atoms with Crippen LogP contribution in [0.2, 0.25) is 0 Å². The van der Waals surface area contributed by atoms with E-state index < -0.39 is 65.9 Å². The van der Waals surface area contributed by atoms with Crippen molar-refractivity contribution in [2.24, 2.45) is 11.7 Å². The van der Waals surface area contributed by atoms with E-state index in [4.69, 9.17) is 32.5 Å². The third-order valence-electron chi connectivity index (χ3n) is 7.95. The molecule has 0 aliphatic heterocycles. The van der Waals surface area contributed by atoms with Crippen LogP contribution in [0, 0.1) is 18.3 Å². The highest BCUT2D eigenvalue weighted by Gasteiger charge is 2.29. The minimum absolute atomic E-state index is 0.00200. The predicted molar refractivity (Wildman–Crippen MR) is 198 cm³/mol. The fraction of sp³-hybridized carbons (Fsp3) is 0.457. The SMILES string of the molecule is C#CCn1c(=O)n(C(=O)OCc2ccc(NC(=O)[C@H](CCCNC(N)=O)NC(=O)[C@@H](NC(=O)CCC(=O)O)C(C)C)cc2)c2c(N)nc(OCCCC)nc21. The van der Waals surface area contributed by atoms with E-state index in [1.54, 1.807) is 26.0 Å². The highest BCUT2D eigenvalue weighted by atomic mass is 16.6. The minimum atomic E-state index is -1.17. The summed E-state index contributed by atoms with van der Waals surface area (Å²) in [7, 11) is 0. The normalized spacial score (nSPS) is 11.9. The summed E-state index contributed by atoms with van der Waals surface area (Å²) in [4.78, 5) is 95.7. The largest absolute Gasteiger partial charge is 0.481 e. The molecule has 2 atom stereocenters. The summed E-state index contributed by atoms with van der Waals surface area (Å²) >= 11 is 0. The molecule has 0 spiro atoms. The lowest BCUT2D eigenvalue weighted by Crippen LogP contribution is -2.54. The van der Waals surface area contributed by atoms with Gasteiger partial charge in [0.1, 0.15) is 24.2 Å². The number of nitrogen functional groups attached to an aromatic ring is 1. The van der Waals surface area contributed by atoms with Crippen LogP contribution >= 0.6 is 0 Å². The smallest absolute Gasteiger partial charge is 0.423 e. The number of carbonyl (C=O) groups is 6. The quantitative estimate of drug-likeness (QED) is 0.0626. The maximum absolute atomic E-state index is 13.4. The molecule has 0 unspecified atom stereocenters. The van der Waals surface area contributed by atoms with Crippen molar-refractivity contribution in [2.45, 2.75) is 84.5 Å². The number of primary amides is 1. The van der Waals surface area contributed by atoms with Gasteiger partial charge in [0, 0.05) is 18.7 Å². The molecule has 0 aliphatic carbocycles. The lowest BCUT2D eigenvalue weighted by Gasteiger charge is -2.25. The van der Waals surface area contributed by atoms with Crippen molar-refractivity contribution in [1.82, 2.24) is 35.1 Å². The highest BCUT2D eigenvalue weighted by Crippen LogP contribution is 2.21. The van der Waals surface area contributed by atoms with E-state index in [0.717, 1.165) is 17.4 Å². The number of fused-ring (bicyclic) bond motifs is 1. The Morgan fingerprint density at radius 1 is 1.02 bits per heavy atom. The van der Waals surface area contributed by atoms with Crippen LogP contribution in [0.4, 0.5) is 21.1 Å². The molecule has 20 heteroatoms. The molecule has 2 heterocycles. The molecule has 0 radical (unpaired) electrons. The standard InChI is InChI=1S/C35H46N10O10/c1-5-7-18-54-33-42-28(36)27-29(43-33)44(17-6-2)34(52)45(27)35(53)55-19-21-10-12-22(13-11-21)39-30(49)23(9-8-16-38-32(37)51)40-31(50)26(20(3)4)41-24(46)14-15-25(47)48/h2,10-13,20,23,26H,5,7-9,14-19H2,1,3-4H3,(H,39,49)(H,40,50)(H,41,46)(H,47,48)(H2,36,42,43)(H3,37,38,51)/t23-,26-/m0/s1. The van der Waals surface area contributed by atoms with Gasteiger partial charge in [-0.1, -0.05) is 45.2 Å². The van der Waals surface area contributed by atoms with Gasteiger partial charge in [0.2, 0.25) is 17.7 Å². The van der Waals surface area contributed by atoms with E-state index in [1.165, 1.54) is 12.1 Å². The Kier molecular flexibility index (Phi) is 16.0. The Hall–Kier alpha value is -6.65. The molecule has 9 N–H and O–H groups in total. The van der Waals surface area contributed by atoms with Gasteiger partial charge in [-0.2, -0.15) is 14.5 Å². The lowest BCUT2D eigenvalue weighted by molar-refractivity contribution is -0.139. The number of terminal acetylenes is 1. The number of imidazole rings is 1. The van der Waals surface area contributed by atoms with E-state index in [2.05, 4.69) is 37.2 Å². The molecule has 0 aliphatic rings. The minimum Gasteiger partial charge on any atom is -0.481 e. The van der Waals surface area contributed by atoms with Crippen LogP contribution in [0.15, 0.2) is 29.1 Å². The predicted octanol–water partition coefficient (Wildman–Crippen LogP) is 1.05. The highest BCUT2D eigenvalue weighted by molar-refractivity contribution is 5.98. The van der Waals surface area contributed by atoms with Crippen LogP contribution in [0.1, 0.15) is 64.9 Å². The van der Waals surface area contributed by atoms with Gasteiger partial charge in [-0.3, -0.25) is 23.7 Å². The third kappa shape index (κ3) is 12.5. The van der Waals surface area contributed by atoms with E-state index in [0.29, 0.717) is 22.4 Å². The number of benzene rings is 1. The van der Waals surface area contributed by atoms with Gasteiger partial charge in [-0.05, 0) is 42.9 Å². The van der Waals surface area contributed by atoms with Crippen LogP contribution in [-0.2, 0) is 37.1 Å². The summed E-state index contributed by atoms with van der Waals surface area (Å²) in [6.07, 6.45) is 5.55. The van der Waals surface area contributed by atoms with E-state index >= 15 is 0 Å². The fourth-order valence-corrected chi connectivity index (χ4v) is 5.10. The van der Waals surface area contributed by atoms with Crippen molar-refractivity contribution in [3.63, 3.8) is 0 Å². The number of carbonyl (C=O) groups excluding carboxylic acids is 5. The Morgan fingerprint density at radius 3 is 2.35 bits per heavy atom. The molecular formula is C35H46N10O10. The molecule has 1 aromatic carbocycles. The number of nitrogens with one attached hydrogen (secondary N) is 4. The summed E-state index contributed by atoms with van der Waals surface area (Å²) in [5.41, 5.74) is 11.1. The number of nitrogens with two attached hydrogens (primary N) is 2. The molecule has 55 heavy (non-hydrogen) atoms. The maximum Gasteiger partial charge on any atom is 0.423 e. The van der Waals surface area contributed by atoms with Crippen LogP contribution < -0.4 is 43.2 Å². The van der Waals surface area contributed by atoms with Crippen molar-refractivity contribution in [2.75, 3.05) is 24.2 Å². The van der Waals surface area contributed by atoms with Gasteiger partial charge in [0.15, 0.2) is 11.5 Å². The number of hydrogen-bond donors (Lipinski definition) is 7. The fourth-order valence-electron chi connectivity index (χ4n) is 5.10. The summed E-state index contributed by atoms with van der Waals surface area (Å²) in [5.74, 6) is -1.36. The van der Waals surface area contributed by atoms with E-state index in [-0.39, 0.29) is 62.0 Å². The Balaban J connectivity index is 1.72. The van der Waals surface area contributed by atoms with Gasteiger partial charge >= 0.3 is 29.8 Å². The first-order valence-corrected chi connectivity index (χ1v) is 17.4. The monoisotopic (exact) mass is 766 g/mol. The van der Waals surface area contributed by atoms with Crippen molar-refractivity contribution >= 4 is 58.5 Å². The summed E-state index contributed by atoms with van der Waals surface area (Å²) in [6, 6.07) is 3.11. The molecule has 0 saturated heterocycles. The lowest BCUT2D eigenvalue weighted by atomic mass is 10.0. The van der Waals surface area contributed by atoms with Crippen molar-refractivity contribution < 1.29 is 43.3 Å². The second-order valence-electron chi connectivity index (χ2n) is 12.6. The number of carboxylic acid groups (broad SMARTS) is 1. The second kappa shape index (κ2) is 20.6. The summed E-state index contributed by atoms with van der Waals surface area (Å²) < 4.78 is 12.7. The van der Waals surface area contributed by atoms with Crippen LogP contribution in [-0.4, -0.2) is 85.3 Å². The van der Waals surface area contributed by atoms with Crippen LogP contribution in [0.5, 0.6) is 6.01 Å². The van der Waals surface area contributed by atoms with E-state index in [9.17, 15) is 33.6 Å². The molecule has 296 valence electrons. The number of hydrogen-bond acceptors (Lipinski definition) is 12. The number of amides is 5. The molecule has 5 amide bonds. The van der Waals surface area contributed by atoms with Gasteiger partial charge in [-0.15, -0.1) is 6.42 Å². The number of unbranched alkanes of at least 4 members (excludes halogenated alkanes) is 1. The average Bonchev–Trinajstić information content (AvgIpc) is 3.41. The van der Waals surface area contributed by atoms with Gasteiger partial charge in [0.25, 0.3) is 0 Å². The number of carboxylic acids is 1. The number of ether oxygens (including phenoxy) is 2. The zero-order valence-electron chi connectivity index (χ0n) is 30.8. The number of nitrogens with zero attached hydrogens (tertiary/aromatic N) is 4. The molecule has 0 fully saturated rings. The summed E-state index contributed by atoms with van der Waals surface area (Å²) in [6.45, 7) is 5.25. The first kappa shape index (κ1) is 42.8. The zero-order chi connectivity index (χ0) is 40.7. The summed E-state index contributed by atoms with van der Waals surface area (Å²) in [5, 5.41) is 19.1. The molecule has 20 nitrogen and oxygen atoms in total. The second-order valence-corrected chi connectivity index (χ2v) is 12.6. The number of rotatable bonds is 20. The number of anilines is 2. The molecule has 0 bridgehead atoms. The molecule has 2 aromatic heterocycles. The Labute approximate surface area is 315 Å². The Bertz CT molecular complexity index is 1970. The van der Waals surface area contributed by atoms with E-state index in [1.807, 2.05) is 6.92 Å². The van der Waals surface area contributed by atoms with Crippen molar-refractivity contribution in [3.8, 4) is 18.4 Å². The Morgan fingerprint density at radius 2 is 1.73 bits per heavy atom. The van der Waals surface area contributed by atoms with Crippen molar-refractivity contribution in [3.05, 3.63) is 40.3 Å². The topological polar surface area (TPSA) is 294 Å². The maximum atomic E-state index is 13.4. The number of aromatic nitrogens is 4. The number of urea groups is 1. The van der Waals surface area contributed by atoms with Gasteiger partial charge in [-0.25, -0.2) is 14.4 Å². The molecule has 3 rings (SSSR count). The van der Waals surface area contributed by atoms with Crippen LogP contribution in [0.25, 0.3) is 11.2 Å². The first-order chi connectivity index (χ1) is 26.2. The number of aliphatic carboxylic acids is 1. The first-order valence-electron chi connectivity index (χ1n) is 17.4. The zero-order valence-corrected chi connectivity index (χ0v) is 30.8.